The lowest BCUT2D eigenvalue weighted by Crippen LogP contribution is -2.12. The molecule has 0 aliphatic heterocycles. The predicted octanol–water partition coefficient (Wildman–Crippen LogP) is 3.90. The third-order valence-electron chi connectivity index (χ3n) is 2.20. The molecular weight excluding hydrogens is 338 g/mol. The average Bonchev–Trinajstić information content (AvgIpc) is 2.32. The Morgan fingerprint density at radius 1 is 1.06 bits per heavy atom. The molecule has 0 saturated heterocycles. The van der Waals surface area contributed by atoms with Crippen molar-refractivity contribution in [2.24, 2.45) is 0 Å². The summed E-state index contributed by atoms with van der Waals surface area (Å²) in [6.07, 6.45) is 0. The third-order valence-corrected chi connectivity index (χ3v) is 4.33. The minimum atomic E-state index is -3.57. The molecular formula is C12H9BrClNO2S. The molecule has 94 valence electrons. The van der Waals surface area contributed by atoms with Gasteiger partial charge in [0, 0.05) is 15.2 Å². The van der Waals surface area contributed by atoms with Crippen LogP contribution in [0.1, 0.15) is 0 Å². The first-order valence-corrected chi connectivity index (χ1v) is 7.67. The number of nitrogens with one attached hydrogen (secondary N) is 1. The summed E-state index contributed by atoms with van der Waals surface area (Å²) >= 11 is 8.98. The van der Waals surface area contributed by atoms with E-state index < -0.39 is 10.0 Å². The highest BCUT2D eigenvalue weighted by molar-refractivity contribution is 9.10. The van der Waals surface area contributed by atoms with Gasteiger partial charge in [0.15, 0.2) is 0 Å². The molecule has 0 bridgehead atoms. The fourth-order valence-corrected chi connectivity index (χ4v) is 3.15. The molecule has 2 rings (SSSR count). The van der Waals surface area contributed by atoms with Crippen LogP contribution in [0, 0.1) is 0 Å². The summed E-state index contributed by atoms with van der Waals surface area (Å²) in [5.41, 5.74) is 0.472. The van der Waals surface area contributed by atoms with Crippen LogP contribution in [0.3, 0.4) is 0 Å². The van der Waals surface area contributed by atoms with Gasteiger partial charge in [-0.2, -0.15) is 0 Å². The van der Waals surface area contributed by atoms with E-state index in [0.29, 0.717) is 15.2 Å². The largest absolute Gasteiger partial charge is 0.280 e. The molecule has 2 aromatic carbocycles. The lowest BCUT2D eigenvalue weighted by atomic mass is 10.3. The average molecular weight is 347 g/mol. The van der Waals surface area contributed by atoms with Gasteiger partial charge in [-0.15, -0.1) is 0 Å². The van der Waals surface area contributed by atoms with Crippen LogP contribution in [-0.4, -0.2) is 8.42 Å². The Morgan fingerprint density at radius 2 is 1.72 bits per heavy atom. The van der Waals surface area contributed by atoms with Crippen molar-refractivity contribution < 1.29 is 8.42 Å². The Balaban J connectivity index is 2.30. The molecule has 1 N–H and O–H groups in total. The normalized spacial score (nSPS) is 11.2. The molecule has 0 atom stereocenters. The summed E-state index contributed by atoms with van der Waals surface area (Å²) in [7, 11) is -3.57. The van der Waals surface area contributed by atoms with Crippen molar-refractivity contribution in [2.75, 3.05) is 4.72 Å². The van der Waals surface area contributed by atoms with Crippen LogP contribution in [0.15, 0.2) is 57.9 Å². The van der Waals surface area contributed by atoms with Gasteiger partial charge in [0.2, 0.25) is 0 Å². The lowest BCUT2D eigenvalue weighted by molar-refractivity contribution is 0.601. The van der Waals surface area contributed by atoms with E-state index in [4.69, 9.17) is 11.6 Å². The van der Waals surface area contributed by atoms with Crippen molar-refractivity contribution in [1.29, 1.82) is 0 Å². The minimum absolute atomic E-state index is 0.201. The van der Waals surface area contributed by atoms with Crippen molar-refractivity contribution in [2.45, 2.75) is 4.90 Å². The molecule has 0 fully saturated rings. The lowest BCUT2D eigenvalue weighted by Gasteiger charge is -2.08. The van der Waals surface area contributed by atoms with Crippen molar-refractivity contribution in [3.05, 3.63) is 58.0 Å². The number of rotatable bonds is 3. The van der Waals surface area contributed by atoms with Crippen LogP contribution in [-0.2, 0) is 10.0 Å². The molecule has 0 aromatic heterocycles. The molecule has 3 nitrogen and oxygen atoms in total. The van der Waals surface area contributed by atoms with Crippen molar-refractivity contribution in [3.63, 3.8) is 0 Å². The Bertz CT molecular complexity index is 656. The Labute approximate surface area is 119 Å². The Hall–Kier alpha value is -1.04. The van der Waals surface area contributed by atoms with Gasteiger partial charge >= 0.3 is 0 Å². The van der Waals surface area contributed by atoms with E-state index in [1.165, 1.54) is 12.1 Å². The molecule has 0 spiro atoms. The van der Waals surface area contributed by atoms with Crippen LogP contribution >= 0.6 is 27.5 Å². The van der Waals surface area contributed by atoms with Gasteiger partial charge in [-0.05, 0) is 42.5 Å². The molecule has 0 unspecified atom stereocenters. The van der Waals surface area contributed by atoms with Crippen molar-refractivity contribution >= 4 is 43.2 Å². The zero-order valence-electron chi connectivity index (χ0n) is 9.10. The second-order valence-corrected chi connectivity index (χ2v) is 6.60. The Morgan fingerprint density at radius 3 is 2.33 bits per heavy atom. The smallest absolute Gasteiger partial charge is 0.261 e. The summed E-state index contributed by atoms with van der Waals surface area (Å²) in [6, 6.07) is 13.0. The van der Waals surface area contributed by atoms with Gasteiger partial charge in [-0.3, -0.25) is 4.72 Å². The van der Waals surface area contributed by atoms with E-state index in [0.717, 1.165) is 0 Å². The third kappa shape index (κ3) is 3.25. The highest BCUT2D eigenvalue weighted by atomic mass is 79.9. The SMILES string of the molecule is O=S(=O)(Nc1ccc(Cl)cc1)c1cccc(Br)c1. The summed E-state index contributed by atoms with van der Waals surface area (Å²) in [6.45, 7) is 0. The molecule has 2 aromatic rings. The molecule has 0 amide bonds. The summed E-state index contributed by atoms with van der Waals surface area (Å²) < 4.78 is 27.3. The molecule has 0 saturated carbocycles. The Kier molecular flexibility index (Phi) is 3.94. The zero-order valence-corrected chi connectivity index (χ0v) is 12.3. The van der Waals surface area contributed by atoms with Gasteiger partial charge < -0.3 is 0 Å². The number of hydrogen-bond donors (Lipinski definition) is 1. The van der Waals surface area contributed by atoms with E-state index in [1.54, 1.807) is 36.4 Å². The standard InChI is InChI=1S/C12H9BrClNO2S/c13-9-2-1-3-12(8-9)18(16,17)15-11-6-4-10(14)5-7-11/h1-8,15H. The van der Waals surface area contributed by atoms with E-state index in [2.05, 4.69) is 20.7 Å². The topological polar surface area (TPSA) is 46.2 Å². The van der Waals surface area contributed by atoms with Crippen molar-refractivity contribution in [3.8, 4) is 0 Å². The first kappa shape index (κ1) is 13.4. The van der Waals surface area contributed by atoms with E-state index >= 15 is 0 Å². The van der Waals surface area contributed by atoms with Gasteiger partial charge in [-0.1, -0.05) is 33.6 Å². The molecule has 0 radical (unpaired) electrons. The number of sulfonamides is 1. The number of hydrogen-bond acceptors (Lipinski definition) is 2. The quantitative estimate of drug-likeness (QED) is 0.916. The maximum Gasteiger partial charge on any atom is 0.261 e. The fraction of sp³-hybridized carbons (Fsp3) is 0. The number of halogens is 2. The maximum absolute atomic E-state index is 12.1. The summed E-state index contributed by atoms with van der Waals surface area (Å²) in [4.78, 5) is 0.201. The van der Waals surface area contributed by atoms with Crippen LogP contribution in [0.25, 0.3) is 0 Å². The van der Waals surface area contributed by atoms with E-state index in [1.807, 2.05) is 0 Å². The van der Waals surface area contributed by atoms with Crippen LogP contribution in [0.4, 0.5) is 5.69 Å². The fourth-order valence-electron chi connectivity index (χ4n) is 1.37. The van der Waals surface area contributed by atoms with E-state index in [9.17, 15) is 8.42 Å². The number of anilines is 1. The molecule has 6 heteroatoms. The van der Waals surface area contributed by atoms with Crippen LogP contribution in [0.2, 0.25) is 5.02 Å². The second-order valence-electron chi connectivity index (χ2n) is 3.57. The van der Waals surface area contributed by atoms with Gasteiger partial charge in [-0.25, -0.2) is 8.42 Å². The van der Waals surface area contributed by atoms with Crippen LogP contribution in [0.5, 0.6) is 0 Å². The monoisotopic (exact) mass is 345 g/mol. The second kappa shape index (κ2) is 5.30. The van der Waals surface area contributed by atoms with Gasteiger partial charge in [0.25, 0.3) is 10.0 Å². The highest BCUT2D eigenvalue weighted by Gasteiger charge is 2.14. The zero-order chi connectivity index (χ0) is 13.2. The summed E-state index contributed by atoms with van der Waals surface area (Å²) in [5, 5.41) is 0.556. The molecule has 0 aliphatic rings. The first-order valence-electron chi connectivity index (χ1n) is 5.01. The maximum atomic E-state index is 12.1. The molecule has 0 heterocycles. The van der Waals surface area contributed by atoms with Crippen molar-refractivity contribution in [1.82, 2.24) is 0 Å². The highest BCUT2D eigenvalue weighted by Crippen LogP contribution is 2.20. The number of benzene rings is 2. The first-order chi connectivity index (χ1) is 8.47. The molecule has 18 heavy (non-hydrogen) atoms. The summed E-state index contributed by atoms with van der Waals surface area (Å²) in [5.74, 6) is 0. The van der Waals surface area contributed by atoms with E-state index in [-0.39, 0.29) is 4.90 Å². The minimum Gasteiger partial charge on any atom is -0.280 e. The van der Waals surface area contributed by atoms with Gasteiger partial charge in [0.1, 0.15) is 0 Å². The van der Waals surface area contributed by atoms with Gasteiger partial charge in [0.05, 0.1) is 4.90 Å². The van der Waals surface area contributed by atoms with Crippen LogP contribution < -0.4 is 4.72 Å². The predicted molar refractivity (Wildman–Crippen MR) is 76.4 cm³/mol. The molecule has 0 aliphatic carbocycles.